The van der Waals surface area contributed by atoms with Gasteiger partial charge in [0.15, 0.2) is 0 Å². The predicted octanol–water partition coefficient (Wildman–Crippen LogP) is 2.26. The van der Waals surface area contributed by atoms with E-state index in [9.17, 15) is 9.70 Å². The van der Waals surface area contributed by atoms with Gasteiger partial charge in [-0.15, -0.1) is 4.91 Å². The average molecular weight is 180 g/mol. The molecule has 13 heavy (non-hydrogen) atoms. The number of ether oxygens (including phenoxy) is 1. The molecule has 0 aromatic heterocycles. The first kappa shape index (κ1) is 9.18. The summed E-state index contributed by atoms with van der Waals surface area (Å²) in [6.45, 7) is 0. The lowest BCUT2D eigenvalue weighted by molar-refractivity contribution is 0.187. The summed E-state index contributed by atoms with van der Waals surface area (Å²) in [7, 11) is 1.24. The van der Waals surface area contributed by atoms with Crippen molar-refractivity contribution in [2.75, 3.05) is 12.4 Å². The molecule has 5 nitrogen and oxygen atoms in total. The molecule has 0 fully saturated rings. The number of rotatable bonds is 2. The number of methoxy groups -OCH3 is 1. The van der Waals surface area contributed by atoms with E-state index in [0.29, 0.717) is 5.69 Å². The Kier molecular flexibility index (Phi) is 2.97. The van der Waals surface area contributed by atoms with E-state index in [0.717, 1.165) is 0 Å². The normalized spacial score (nSPS) is 9.00. The number of nitroso groups, excluding NO2 is 1. The van der Waals surface area contributed by atoms with Crippen molar-refractivity contribution in [1.82, 2.24) is 0 Å². The van der Waals surface area contributed by atoms with E-state index in [2.05, 4.69) is 15.2 Å². The van der Waals surface area contributed by atoms with Crippen molar-refractivity contribution in [3.63, 3.8) is 0 Å². The fourth-order valence-corrected chi connectivity index (χ4v) is 0.820. The molecule has 1 aromatic rings. The maximum atomic E-state index is 10.8. The number of benzene rings is 1. The molecule has 0 saturated carbocycles. The molecule has 0 atom stereocenters. The SMILES string of the molecule is COC(=O)Nc1ccccc1N=O. The molecule has 1 N–H and O–H groups in total. The van der Waals surface area contributed by atoms with Crippen LogP contribution in [0.15, 0.2) is 29.4 Å². The smallest absolute Gasteiger partial charge is 0.411 e. The molecule has 1 aromatic carbocycles. The molecule has 5 heteroatoms. The Hall–Kier alpha value is -1.91. The Balaban J connectivity index is 2.87. The van der Waals surface area contributed by atoms with Crippen LogP contribution in [0.5, 0.6) is 0 Å². The summed E-state index contributed by atoms with van der Waals surface area (Å²) in [5.41, 5.74) is 0.511. The van der Waals surface area contributed by atoms with Crippen LogP contribution in [-0.2, 0) is 4.74 Å². The molecule has 0 bridgehead atoms. The van der Waals surface area contributed by atoms with Crippen molar-refractivity contribution in [1.29, 1.82) is 0 Å². The molecular weight excluding hydrogens is 172 g/mol. The fraction of sp³-hybridized carbons (Fsp3) is 0.125. The number of para-hydroxylation sites is 1. The third-order valence-electron chi connectivity index (χ3n) is 1.42. The highest BCUT2D eigenvalue weighted by Crippen LogP contribution is 2.23. The third kappa shape index (κ3) is 2.26. The number of amides is 1. The second-order valence-corrected chi connectivity index (χ2v) is 2.23. The predicted molar refractivity (Wildman–Crippen MR) is 47.9 cm³/mol. The first-order chi connectivity index (χ1) is 6.27. The van der Waals surface area contributed by atoms with Gasteiger partial charge in [-0.1, -0.05) is 12.1 Å². The molecule has 0 aliphatic carbocycles. The van der Waals surface area contributed by atoms with Crippen molar-refractivity contribution in [3.05, 3.63) is 29.2 Å². The van der Waals surface area contributed by atoms with Gasteiger partial charge in [-0.2, -0.15) is 0 Å². The van der Waals surface area contributed by atoms with Crippen LogP contribution < -0.4 is 5.32 Å². The van der Waals surface area contributed by atoms with E-state index >= 15 is 0 Å². The maximum Gasteiger partial charge on any atom is 0.411 e. The van der Waals surface area contributed by atoms with Crippen molar-refractivity contribution >= 4 is 17.5 Å². The molecule has 0 unspecified atom stereocenters. The molecule has 0 radical (unpaired) electrons. The van der Waals surface area contributed by atoms with E-state index in [1.807, 2.05) is 0 Å². The van der Waals surface area contributed by atoms with Gasteiger partial charge in [0.25, 0.3) is 0 Å². The van der Waals surface area contributed by atoms with Crippen LogP contribution in [0.4, 0.5) is 16.2 Å². The van der Waals surface area contributed by atoms with E-state index in [-0.39, 0.29) is 5.69 Å². The lowest BCUT2D eigenvalue weighted by atomic mass is 10.3. The Labute approximate surface area is 74.7 Å². The molecule has 1 amide bonds. The number of hydrogen-bond donors (Lipinski definition) is 1. The van der Waals surface area contributed by atoms with Gasteiger partial charge in [0.05, 0.1) is 12.8 Å². The van der Waals surface area contributed by atoms with Crippen molar-refractivity contribution in [3.8, 4) is 0 Å². The molecule has 0 aliphatic heterocycles. The van der Waals surface area contributed by atoms with Crippen molar-refractivity contribution < 1.29 is 9.53 Å². The van der Waals surface area contributed by atoms with Crippen LogP contribution >= 0.6 is 0 Å². The maximum absolute atomic E-state index is 10.8. The zero-order chi connectivity index (χ0) is 9.68. The van der Waals surface area contributed by atoms with Gasteiger partial charge in [-0.05, 0) is 17.3 Å². The van der Waals surface area contributed by atoms with Crippen LogP contribution in [-0.4, -0.2) is 13.2 Å². The summed E-state index contributed by atoms with van der Waals surface area (Å²) in [5, 5.41) is 5.09. The standard InChI is InChI=1S/C8H8N2O3/c1-13-8(11)9-6-4-2-3-5-7(6)10-12/h2-5H,1H3,(H,9,11). The number of hydrogen-bond acceptors (Lipinski definition) is 4. The van der Waals surface area contributed by atoms with Crippen LogP contribution in [0.25, 0.3) is 0 Å². The zero-order valence-electron chi connectivity index (χ0n) is 6.98. The Morgan fingerprint density at radius 2 is 2.15 bits per heavy atom. The Morgan fingerprint density at radius 1 is 1.46 bits per heavy atom. The third-order valence-corrected chi connectivity index (χ3v) is 1.42. The first-order valence-electron chi connectivity index (χ1n) is 3.55. The summed E-state index contributed by atoms with van der Waals surface area (Å²) in [6, 6.07) is 6.39. The zero-order valence-corrected chi connectivity index (χ0v) is 6.98. The van der Waals surface area contributed by atoms with Gasteiger partial charge in [0.1, 0.15) is 5.69 Å². The Morgan fingerprint density at radius 3 is 2.77 bits per heavy atom. The van der Waals surface area contributed by atoms with Gasteiger partial charge in [0, 0.05) is 0 Å². The van der Waals surface area contributed by atoms with Crippen LogP contribution in [0, 0.1) is 4.91 Å². The fourth-order valence-electron chi connectivity index (χ4n) is 0.820. The summed E-state index contributed by atoms with van der Waals surface area (Å²) in [6.07, 6.45) is -0.629. The highest BCUT2D eigenvalue weighted by atomic mass is 16.5. The van der Waals surface area contributed by atoms with E-state index in [1.165, 1.54) is 13.2 Å². The quantitative estimate of drug-likeness (QED) is 0.709. The van der Waals surface area contributed by atoms with Gasteiger partial charge in [-0.3, -0.25) is 5.32 Å². The lowest BCUT2D eigenvalue weighted by Gasteiger charge is -2.03. The topological polar surface area (TPSA) is 67.8 Å². The number of carbonyl (C=O) groups is 1. The second kappa shape index (κ2) is 4.20. The summed E-state index contributed by atoms with van der Waals surface area (Å²) >= 11 is 0. The highest BCUT2D eigenvalue weighted by molar-refractivity contribution is 5.88. The molecule has 0 saturated heterocycles. The monoisotopic (exact) mass is 180 g/mol. The highest BCUT2D eigenvalue weighted by Gasteiger charge is 2.05. The van der Waals surface area contributed by atoms with E-state index < -0.39 is 6.09 Å². The molecule has 68 valence electrons. The molecular formula is C8H8N2O3. The molecule has 0 heterocycles. The minimum Gasteiger partial charge on any atom is -0.453 e. The lowest BCUT2D eigenvalue weighted by Crippen LogP contribution is -2.10. The second-order valence-electron chi connectivity index (χ2n) is 2.23. The van der Waals surface area contributed by atoms with Gasteiger partial charge in [-0.25, -0.2) is 4.79 Å². The summed E-state index contributed by atoms with van der Waals surface area (Å²) < 4.78 is 4.36. The van der Waals surface area contributed by atoms with Crippen molar-refractivity contribution in [2.45, 2.75) is 0 Å². The molecule has 0 spiro atoms. The summed E-state index contributed by atoms with van der Waals surface area (Å²) in [5.74, 6) is 0. The van der Waals surface area contributed by atoms with Gasteiger partial charge < -0.3 is 4.74 Å². The van der Waals surface area contributed by atoms with Crippen LogP contribution in [0.2, 0.25) is 0 Å². The van der Waals surface area contributed by atoms with Gasteiger partial charge in [0.2, 0.25) is 0 Å². The number of carbonyl (C=O) groups excluding carboxylic acids is 1. The molecule has 0 aliphatic rings. The summed E-state index contributed by atoms with van der Waals surface area (Å²) in [4.78, 5) is 21.0. The molecule has 1 rings (SSSR count). The first-order valence-corrected chi connectivity index (χ1v) is 3.55. The van der Waals surface area contributed by atoms with Crippen LogP contribution in [0.1, 0.15) is 0 Å². The minimum atomic E-state index is -0.629. The van der Waals surface area contributed by atoms with Gasteiger partial charge >= 0.3 is 6.09 Å². The number of nitrogens with one attached hydrogen (secondary N) is 1. The Bertz CT molecular complexity index is 325. The van der Waals surface area contributed by atoms with Crippen LogP contribution in [0.3, 0.4) is 0 Å². The largest absolute Gasteiger partial charge is 0.453 e. The average Bonchev–Trinajstić information content (AvgIpc) is 2.18. The minimum absolute atomic E-state index is 0.174. The van der Waals surface area contributed by atoms with E-state index in [1.54, 1.807) is 18.2 Å². The number of anilines is 1. The van der Waals surface area contributed by atoms with Crippen molar-refractivity contribution in [2.24, 2.45) is 5.18 Å². The van der Waals surface area contributed by atoms with E-state index in [4.69, 9.17) is 0 Å². The number of nitrogens with zero attached hydrogens (tertiary/aromatic N) is 1.